The highest BCUT2D eigenvalue weighted by atomic mass is 16.5. The van der Waals surface area contributed by atoms with Crippen LogP contribution in [0.1, 0.15) is 30.7 Å². The van der Waals surface area contributed by atoms with Gasteiger partial charge in [0.15, 0.2) is 0 Å². The summed E-state index contributed by atoms with van der Waals surface area (Å²) in [5.41, 5.74) is 1.46. The standard InChI is InChI=1S/C17H26N2O/c1-19-8-7-13(12-19)11-18-16-9-15(10-16)14-3-5-17(20-2)6-4-14/h3-6,13,15-16,18H,7-12H2,1-2H3. The van der Waals surface area contributed by atoms with E-state index in [4.69, 9.17) is 4.74 Å². The van der Waals surface area contributed by atoms with Crippen LogP contribution in [0.2, 0.25) is 0 Å². The largest absolute Gasteiger partial charge is 0.497 e. The van der Waals surface area contributed by atoms with Crippen LogP contribution in [-0.2, 0) is 0 Å². The Morgan fingerprint density at radius 2 is 2.00 bits per heavy atom. The molecule has 1 saturated carbocycles. The van der Waals surface area contributed by atoms with Gasteiger partial charge < -0.3 is 15.0 Å². The van der Waals surface area contributed by atoms with Gasteiger partial charge in [-0.15, -0.1) is 0 Å². The fraction of sp³-hybridized carbons (Fsp3) is 0.647. The normalized spacial score (nSPS) is 30.2. The molecular formula is C17H26N2O. The molecule has 1 aromatic rings. The van der Waals surface area contributed by atoms with E-state index in [2.05, 4.69) is 41.5 Å². The molecule has 1 heterocycles. The highest BCUT2D eigenvalue weighted by molar-refractivity contribution is 5.30. The third-order valence-electron chi connectivity index (χ3n) is 4.91. The number of benzene rings is 1. The molecule has 0 bridgehead atoms. The van der Waals surface area contributed by atoms with Gasteiger partial charge in [0, 0.05) is 12.6 Å². The molecule has 3 nitrogen and oxygen atoms in total. The lowest BCUT2D eigenvalue weighted by atomic mass is 9.76. The number of ether oxygens (including phenoxy) is 1. The van der Waals surface area contributed by atoms with Crippen molar-refractivity contribution in [1.82, 2.24) is 10.2 Å². The van der Waals surface area contributed by atoms with Crippen molar-refractivity contribution in [3.63, 3.8) is 0 Å². The second-order valence-corrected chi connectivity index (χ2v) is 6.46. The van der Waals surface area contributed by atoms with Crippen LogP contribution in [0.25, 0.3) is 0 Å². The third-order valence-corrected chi connectivity index (χ3v) is 4.91. The number of hydrogen-bond donors (Lipinski definition) is 1. The minimum Gasteiger partial charge on any atom is -0.497 e. The molecule has 0 radical (unpaired) electrons. The lowest BCUT2D eigenvalue weighted by Crippen LogP contribution is -2.42. The average Bonchev–Trinajstić information content (AvgIpc) is 2.83. The van der Waals surface area contributed by atoms with Gasteiger partial charge in [0.05, 0.1) is 7.11 Å². The van der Waals surface area contributed by atoms with Crippen molar-refractivity contribution >= 4 is 0 Å². The zero-order chi connectivity index (χ0) is 13.9. The summed E-state index contributed by atoms with van der Waals surface area (Å²) in [6.45, 7) is 3.73. The van der Waals surface area contributed by atoms with Crippen molar-refractivity contribution in [2.45, 2.75) is 31.2 Å². The fourth-order valence-corrected chi connectivity index (χ4v) is 3.46. The van der Waals surface area contributed by atoms with E-state index in [0.717, 1.165) is 23.6 Å². The van der Waals surface area contributed by atoms with Crippen LogP contribution in [0.4, 0.5) is 0 Å². The maximum Gasteiger partial charge on any atom is 0.118 e. The Labute approximate surface area is 122 Å². The SMILES string of the molecule is COc1ccc(C2CC(NCC3CCN(C)C3)C2)cc1. The topological polar surface area (TPSA) is 24.5 Å². The lowest BCUT2D eigenvalue weighted by Gasteiger charge is -2.37. The predicted molar refractivity (Wildman–Crippen MR) is 82.4 cm³/mol. The van der Waals surface area contributed by atoms with Crippen LogP contribution >= 0.6 is 0 Å². The summed E-state index contributed by atoms with van der Waals surface area (Å²) in [6.07, 6.45) is 3.93. The smallest absolute Gasteiger partial charge is 0.118 e. The number of nitrogens with zero attached hydrogens (tertiary/aromatic N) is 1. The molecule has 1 atom stereocenters. The van der Waals surface area contributed by atoms with E-state index in [-0.39, 0.29) is 0 Å². The summed E-state index contributed by atoms with van der Waals surface area (Å²) >= 11 is 0. The molecular weight excluding hydrogens is 248 g/mol. The van der Waals surface area contributed by atoms with Gasteiger partial charge in [-0.05, 0) is 68.9 Å². The molecule has 2 aliphatic rings. The lowest BCUT2D eigenvalue weighted by molar-refractivity contribution is 0.274. The first kappa shape index (κ1) is 13.9. The van der Waals surface area contributed by atoms with Crippen LogP contribution in [-0.4, -0.2) is 44.7 Å². The Morgan fingerprint density at radius 1 is 1.25 bits per heavy atom. The molecule has 3 heteroatoms. The van der Waals surface area contributed by atoms with E-state index in [9.17, 15) is 0 Å². The van der Waals surface area contributed by atoms with Crippen LogP contribution in [0.3, 0.4) is 0 Å². The average molecular weight is 274 g/mol. The first-order chi connectivity index (χ1) is 9.74. The Kier molecular flexibility index (Phi) is 4.27. The highest BCUT2D eigenvalue weighted by Crippen LogP contribution is 2.37. The van der Waals surface area contributed by atoms with Crippen molar-refractivity contribution < 1.29 is 4.74 Å². The maximum atomic E-state index is 5.21. The van der Waals surface area contributed by atoms with E-state index >= 15 is 0 Å². The van der Waals surface area contributed by atoms with E-state index in [1.54, 1.807) is 7.11 Å². The molecule has 1 aromatic carbocycles. The van der Waals surface area contributed by atoms with E-state index < -0.39 is 0 Å². The van der Waals surface area contributed by atoms with Crippen molar-refractivity contribution in [1.29, 1.82) is 0 Å². The van der Waals surface area contributed by atoms with Gasteiger partial charge in [0.1, 0.15) is 5.75 Å². The Bertz CT molecular complexity index is 425. The van der Waals surface area contributed by atoms with E-state index in [1.807, 2.05) is 0 Å². The summed E-state index contributed by atoms with van der Waals surface area (Å²) in [5, 5.41) is 3.75. The fourth-order valence-electron chi connectivity index (χ4n) is 3.46. The summed E-state index contributed by atoms with van der Waals surface area (Å²) in [6, 6.07) is 9.31. The molecule has 0 amide bonds. The Hall–Kier alpha value is -1.06. The Balaban J connectivity index is 1.39. The van der Waals surface area contributed by atoms with Gasteiger partial charge in [0.2, 0.25) is 0 Å². The summed E-state index contributed by atoms with van der Waals surface area (Å²) in [4.78, 5) is 2.44. The van der Waals surface area contributed by atoms with Crippen molar-refractivity contribution in [2.24, 2.45) is 5.92 Å². The van der Waals surface area contributed by atoms with Gasteiger partial charge in [-0.3, -0.25) is 0 Å². The van der Waals surface area contributed by atoms with E-state index in [0.29, 0.717) is 0 Å². The minimum atomic E-state index is 0.730. The summed E-state index contributed by atoms with van der Waals surface area (Å²) in [5.74, 6) is 2.55. The zero-order valence-electron chi connectivity index (χ0n) is 12.6. The third kappa shape index (κ3) is 3.15. The number of nitrogens with one attached hydrogen (secondary N) is 1. The molecule has 110 valence electrons. The second kappa shape index (κ2) is 6.15. The summed E-state index contributed by atoms with van der Waals surface area (Å²) < 4.78 is 5.21. The molecule has 1 aliphatic carbocycles. The first-order valence-corrected chi connectivity index (χ1v) is 7.80. The molecule has 3 rings (SSSR count). The number of likely N-dealkylation sites (tertiary alicyclic amines) is 1. The predicted octanol–water partition coefficient (Wildman–Crippen LogP) is 2.48. The zero-order valence-corrected chi connectivity index (χ0v) is 12.6. The van der Waals surface area contributed by atoms with Crippen molar-refractivity contribution in [3.8, 4) is 5.75 Å². The summed E-state index contributed by atoms with van der Waals surface area (Å²) in [7, 11) is 3.95. The van der Waals surface area contributed by atoms with E-state index in [1.165, 1.54) is 44.5 Å². The van der Waals surface area contributed by atoms with Crippen LogP contribution < -0.4 is 10.1 Å². The molecule has 1 unspecified atom stereocenters. The van der Waals surface area contributed by atoms with Gasteiger partial charge in [0.25, 0.3) is 0 Å². The first-order valence-electron chi connectivity index (χ1n) is 7.80. The van der Waals surface area contributed by atoms with Crippen LogP contribution in [0.15, 0.2) is 24.3 Å². The van der Waals surface area contributed by atoms with Crippen LogP contribution in [0.5, 0.6) is 5.75 Å². The molecule has 2 fully saturated rings. The van der Waals surface area contributed by atoms with Crippen molar-refractivity contribution in [2.75, 3.05) is 33.8 Å². The maximum absolute atomic E-state index is 5.21. The van der Waals surface area contributed by atoms with Crippen molar-refractivity contribution in [3.05, 3.63) is 29.8 Å². The van der Waals surface area contributed by atoms with Gasteiger partial charge >= 0.3 is 0 Å². The number of rotatable bonds is 5. The second-order valence-electron chi connectivity index (χ2n) is 6.46. The molecule has 1 aliphatic heterocycles. The molecule has 0 spiro atoms. The van der Waals surface area contributed by atoms with Crippen LogP contribution in [0, 0.1) is 5.92 Å². The molecule has 0 aromatic heterocycles. The van der Waals surface area contributed by atoms with Gasteiger partial charge in [-0.1, -0.05) is 12.1 Å². The quantitative estimate of drug-likeness (QED) is 0.893. The molecule has 1 saturated heterocycles. The minimum absolute atomic E-state index is 0.730. The monoisotopic (exact) mass is 274 g/mol. The molecule has 20 heavy (non-hydrogen) atoms. The highest BCUT2D eigenvalue weighted by Gasteiger charge is 2.30. The van der Waals surface area contributed by atoms with Gasteiger partial charge in [-0.2, -0.15) is 0 Å². The van der Waals surface area contributed by atoms with Gasteiger partial charge in [-0.25, -0.2) is 0 Å². The molecule has 1 N–H and O–H groups in total. The number of hydrogen-bond acceptors (Lipinski definition) is 3. The number of methoxy groups -OCH3 is 1. The Morgan fingerprint density at radius 3 is 2.60 bits per heavy atom.